The van der Waals surface area contributed by atoms with Crippen molar-refractivity contribution < 1.29 is 0 Å². The van der Waals surface area contributed by atoms with Gasteiger partial charge in [-0.2, -0.15) is 0 Å². The molecule has 0 aromatic carbocycles. The molecule has 1 aromatic rings. The molecule has 0 radical (unpaired) electrons. The first-order valence-corrected chi connectivity index (χ1v) is 6.83. The zero-order valence-corrected chi connectivity index (χ0v) is 10.9. The van der Waals surface area contributed by atoms with Crippen LogP contribution in [0.25, 0.3) is 0 Å². The molecule has 94 valence electrons. The van der Waals surface area contributed by atoms with Crippen molar-refractivity contribution in [3.63, 3.8) is 0 Å². The van der Waals surface area contributed by atoms with Crippen LogP contribution in [-0.2, 0) is 13.0 Å². The fourth-order valence-electron chi connectivity index (χ4n) is 2.81. The van der Waals surface area contributed by atoms with Crippen molar-refractivity contribution in [3.8, 4) is 0 Å². The van der Waals surface area contributed by atoms with E-state index in [-0.39, 0.29) is 0 Å². The molecule has 17 heavy (non-hydrogen) atoms. The summed E-state index contributed by atoms with van der Waals surface area (Å²) in [6.07, 6.45) is 8.03. The first kappa shape index (κ1) is 12.5. The number of hydrogen-bond donors (Lipinski definition) is 1. The van der Waals surface area contributed by atoms with E-state index in [0.29, 0.717) is 12.5 Å². The van der Waals surface area contributed by atoms with E-state index in [1.807, 2.05) is 6.20 Å². The lowest BCUT2D eigenvalue weighted by Gasteiger charge is -2.12. The Morgan fingerprint density at radius 3 is 2.76 bits per heavy atom. The summed E-state index contributed by atoms with van der Waals surface area (Å²) in [5, 5.41) is 0. The Labute approximate surface area is 104 Å². The number of hydrogen-bond acceptors (Lipinski definition) is 3. The number of aryl methyl sites for hydroxylation is 1. The first-order valence-electron chi connectivity index (χ1n) is 6.83. The fraction of sp³-hybridized carbons (Fsp3) is 0.714. The molecule has 0 saturated heterocycles. The average molecular weight is 233 g/mol. The fourth-order valence-corrected chi connectivity index (χ4v) is 2.81. The quantitative estimate of drug-likeness (QED) is 0.870. The van der Waals surface area contributed by atoms with Crippen LogP contribution in [0.5, 0.6) is 0 Å². The summed E-state index contributed by atoms with van der Waals surface area (Å²) in [4.78, 5) is 9.24. The zero-order valence-electron chi connectivity index (χ0n) is 10.9. The third-order valence-electron chi connectivity index (χ3n) is 4.01. The van der Waals surface area contributed by atoms with Gasteiger partial charge in [0.2, 0.25) is 0 Å². The molecular weight excluding hydrogens is 210 g/mol. The van der Waals surface area contributed by atoms with Crippen molar-refractivity contribution >= 4 is 0 Å². The molecule has 1 fully saturated rings. The van der Waals surface area contributed by atoms with Crippen LogP contribution in [0.4, 0.5) is 0 Å². The second kappa shape index (κ2) is 5.58. The minimum atomic E-state index is 0.547. The van der Waals surface area contributed by atoms with Gasteiger partial charge in [-0.3, -0.25) is 0 Å². The molecule has 3 nitrogen and oxygen atoms in total. The highest BCUT2D eigenvalue weighted by Crippen LogP contribution is 2.38. The van der Waals surface area contributed by atoms with Gasteiger partial charge in [0, 0.05) is 29.9 Å². The van der Waals surface area contributed by atoms with Gasteiger partial charge in [-0.25, -0.2) is 9.97 Å². The predicted octanol–water partition coefficient (Wildman–Crippen LogP) is 2.79. The van der Waals surface area contributed by atoms with Crippen LogP contribution >= 0.6 is 0 Å². The van der Waals surface area contributed by atoms with Crippen molar-refractivity contribution in [1.29, 1.82) is 0 Å². The molecule has 2 rings (SSSR count). The largest absolute Gasteiger partial charge is 0.326 e. The van der Waals surface area contributed by atoms with Crippen molar-refractivity contribution in [2.24, 2.45) is 11.7 Å². The highest BCUT2D eigenvalue weighted by molar-refractivity contribution is 5.19. The topological polar surface area (TPSA) is 51.8 Å². The summed E-state index contributed by atoms with van der Waals surface area (Å²) >= 11 is 0. The van der Waals surface area contributed by atoms with Crippen LogP contribution in [0.1, 0.15) is 62.5 Å². The van der Waals surface area contributed by atoms with Gasteiger partial charge in [-0.1, -0.05) is 20.3 Å². The Kier molecular flexibility index (Phi) is 4.11. The van der Waals surface area contributed by atoms with Crippen molar-refractivity contribution in [3.05, 3.63) is 23.3 Å². The number of aromatic nitrogens is 2. The SMILES string of the molecule is CCc1nc(C2CCC(CC)C2)ncc1CN. The van der Waals surface area contributed by atoms with Crippen LogP contribution in [0.15, 0.2) is 6.20 Å². The summed E-state index contributed by atoms with van der Waals surface area (Å²) in [6, 6.07) is 0. The minimum Gasteiger partial charge on any atom is -0.326 e. The molecule has 1 heterocycles. The van der Waals surface area contributed by atoms with Crippen molar-refractivity contribution in [1.82, 2.24) is 9.97 Å². The summed E-state index contributed by atoms with van der Waals surface area (Å²) in [5.41, 5.74) is 7.93. The Hall–Kier alpha value is -0.960. The van der Waals surface area contributed by atoms with E-state index in [2.05, 4.69) is 18.8 Å². The molecule has 1 aromatic heterocycles. The van der Waals surface area contributed by atoms with Gasteiger partial charge in [0.15, 0.2) is 0 Å². The van der Waals surface area contributed by atoms with Gasteiger partial charge in [-0.05, 0) is 31.6 Å². The maximum Gasteiger partial charge on any atom is 0.131 e. The Balaban J connectivity index is 2.16. The Morgan fingerprint density at radius 1 is 1.35 bits per heavy atom. The molecular formula is C14H23N3. The van der Waals surface area contributed by atoms with Gasteiger partial charge in [-0.15, -0.1) is 0 Å². The molecule has 3 heteroatoms. The molecule has 0 spiro atoms. The monoisotopic (exact) mass is 233 g/mol. The smallest absolute Gasteiger partial charge is 0.131 e. The van der Waals surface area contributed by atoms with Crippen LogP contribution in [0.2, 0.25) is 0 Å². The second-order valence-electron chi connectivity index (χ2n) is 5.04. The summed E-state index contributed by atoms with van der Waals surface area (Å²) in [6.45, 7) is 4.96. The Morgan fingerprint density at radius 2 is 2.18 bits per heavy atom. The van der Waals surface area contributed by atoms with E-state index in [0.717, 1.165) is 29.4 Å². The molecule has 1 aliphatic carbocycles. The van der Waals surface area contributed by atoms with Gasteiger partial charge in [0.25, 0.3) is 0 Å². The third kappa shape index (κ3) is 2.65. The van der Waals surface area contributed by atoms with Crippen LogP contribution in [0, 0.1) is 5.92 Å². The van der Waals surface area contributed by atoms with Crippen molar-refractivity contribution in [2.45, 2.75) is 58.4 Å². The average Bonchev–Trinajstić information content (AvgIpc) is 2.86. The summed E-state index contributed by atoms with van der Waals surface area (Å²) < 4.78 is 0. The molecule has 0 amide bonds. The number of nitrogens with two attached hydrogens (primary N) is 1. The van der Waals surface area contributed by atoms with E-state index in [1.54, 1.807) is 0 Å². The van der Waals surface area contributed by atoms with E-state index in [9.17, 15) is 0 Å². The lowest BCUT2D eigenvalue weighted by molar-refractivity contribution is 0.516. The molecule has 2 unspecified atom stereocenters. The normalized spacial score (nSPS) is 24.2. The van der Waals surface area contributed by atoms with Gasteiger partial charge in [0.05, 0.1) is 0 Å². The lowest BCUT2D eigenvalue weighted by Crippen LogP contribution is -2.09. The molecule has 0 aliphatic heterocycles. The van der Waals surface area contributed by atoms with Crippen molar-refractivity contribution in [2.75, 3.05) is 0 Å². The summed E-state index contributed by atoms with van der Waals surface area (Å²) in [5.74, 6) is 2.51. The predicted molar refractivity (Wildman–Crippen MR) is 69.7 cm³/mol. The van der Waals surface area contributed by atoms with Gasteiger partial charge < -0.3 is 5.73 Å². The maximum absolute atomic E-state index is 5.69. The standard InChI is InChI=1S/C14H23N3/c1-3-10-5-6-11(7-10)14-16-9-12(8-15)13(4-2)17-14/h9-11H,3-8,15H2,1-2H3. The van der Waals surface area contributed by atoms with E-state index >= 15 is 0 Å². The van der Waals surface area contributed by atoms with E-state index < -0.39 is 0 Å². The van der Waals surface area contributed by atoms with E-state index in [4.69, 9.17) is 10.7 Å². The van der Waals surface area contributed by atoms with Crippen LogP contribution < -0.4 is 5.73 Å². The highest BCUT2D eigenvalue weighted by Gasteiger charge is 2.26. The number of nitrogens with zero attached hydrogens (tertiary/aromatic N) is 2. The molecule has 0 bridgehead atoms. The second-order valence-corrected chi connectivity index (χ2v) is 5.04. The van der Waals surface area contributed by atoms with Crippen LogP contribution in [-0.4, -0.2) is 9.97 Å². The zero-order chi connectivity index (χ0) is 12.3. The Bertz CT molecular complexity index is 376. The van der Waals surface area contributed by atoms with Crippen LogP contribution in [0.3, 0.4) is 0 Å². The molecule has 2 atom stereocenters. The van der Waals surface area contributed by atoms with Gasteiger partial charge >= 0.3 is 0 Å². The summed E-state index contributed by atoms with van der Waals surface area (Å²) in [7, 11) is 0. The minimum absolute atomic E-state index is 0.547. The highest BCUT2D eigenvalue weighted by atomic mass is 14.9. The maximum atomic E-state index is 5.69. The molecule has 1 saturated carbocycles. The lowest BCUT2D eigenvalue weighted by atomic mass is 10.0. The third-order valence-corrected chi connectivity index (χ3v) is 4.01. The first-order chi connectivity index (χ1) is 8.28. The molecule has 2 N–H and O–H groups in total. The van der Waals surface area contributed by atoms with E-state index in [1.165, 1.54) is 25.7 Å². The molecule has 1 aliphatic rings. The number of rotatable bonds is 4. The van der Waals surface area contributed by atoms with Gasteiger partial charge in [0.1, 0.15) is 5.82 Å².